The number of hydrogen-bond acceptors (Lipinski definition) is 3. The lowest BCUT2D eigenvalue weighted by atomic mass is 9.93. The highest BCUT2D eigenvalue weighted by atomic mass is 127. The van der Waals surface area contributed by atoms with Crippen LogP contribution in [0.2, 0.25) is 0 Å². The standard InChI is InChI=1S/C23H34INO2/c1-14(2)8-10-18-17(7)13-20(21(26)12-16(5)6)23(27)19(22(18)24-25)11-9-15(3)4/h8-9,13,16-17,25,27H,10-12H2,1-7H3. The van der Waals surface area contributed by atoms with Crippen molar-refractivity contribution in [3.8, 4) is 0 Å². The van der Waals surface area contributed by atoms with E-state index in [4.69, 9.17) is 3.56 Å². The molecule has 0 aliphatic heterocycles. The van der Waals surface area contributed by atoms with Crippen LogP contribution in [0.3, 0.4) is 0 Å². The van der Waals surface area contributed by atoms with E-state index in [0.29, 0.717) is 18.4 Å². The Labute approximate surface area is 175 Å². The first kappa shape index (κ1) is 23.7. The molecule has 0 aromatic heterocycles. The van der Waals surface area contributed by atoms with Gasteiger partial charge in [0.2, 0.25) is 0 Å². The van der Waals surface area contributed by atoms with Crippen LogP contribution in [0.15, 0.2) is 55.4 Å². The number of ketones is 1. The number of halogens is 1. The van der Waals surface area contributed by atoms with E-state index < -0.39 is 21.0 Å². The van der Waals surface area contributed by atoms with Crippen LogP contribution in [-0.2, 0) is 4.79 Å². The van der Waals surface area contributed by atoms with Gasteiger partial charge in [0.1, 0.15) is 5.76 Å². The normalized spacial score (nSPS) is 17.6. The number of aliphatic hydroxyl groups is 1. The van der Waals surface area contributed by atoms with E-state index in [0.717, 1.165) is 15.6 Å². The Hall–Kier alpha value is -1.30. The molecule has 27 heavy (non-hydrogen) atoms. The summed E-state index contributed by atoms with van der Waals surface area (Å²) in [6.07, 6.45) is 7.93. The summed E-state index contributed by atoms with van der Waals surface area (Å²) in [5, 5.41) is 11.1. The molecule has 2 N–H and O–H groups in total. The van der Waals surface area contributed by atoms with Gasteiger partial charge in [-0.2, -0.15) is 0 Å². The second-order valence-corrected chi connectivity index (χ2v) is 9.74. The Kier molecular flexibility index (Phi) is 9.57. The van der Waals surface area contributed by atoms with Gasteiger partial charge in [0.15, 0.2) is 5.78 Å². The summed E-state index contributed by atoms with van der Waals surface area (Å²) >= 11 is -0.979. The Bertz CT molecular complexity index is 740. The first-order chi connectivity index (χ1) is 12.6. The summed E-state index contributed by atoms with van der Waals surface area (Å²) in [6, 6.07) is 0. The maximum Gasteiger partial charge on any atom is 0.166 e. The maximum absolute atomic E-state index is 12.8. The predicted molar refractivity (Wildman–Crippen MR) is 123 cm³/mol. The SMILES string of the molecule is CC(C)=CCC1=C(O)C(C(=O)CC(C)C)=CC(C)C(CC=C(C)C)=C1I=N. The molecule has 0 amide bonds. The quantitative estimate of drug-likeness (QED) is 0.275. The second-order valence-electron chi connectivity index (χ2n) is 8.12. The van der Waals surface area contributed by atoms with Gasteiger partial charge in [0, 0.05) is 36.6 Å². The fraction of sp³-hybridized carbons (Fsp3) is 0.522. The molecule has 0 saturated heterocycles. The molecule has 1 atom stereocenters. The van der Waals surface area contributed by atoms with Gasteiger partial charge in [0.25, 0.3) is 0 Å². The molecule has 4 heteroatoms. The third-order valence-electron chi connectivity index (χ3n) is 4.49. The lowest BCUT2D eigenvalue weighted by Crippen LogP contribution is -2.10. The minimum Gasteiger partial charge on any atom is -0.507 e. The largest absolute Gasteiger partial charge is 0.507 e. The fourth-order valence-corrected chi connectivity index (χ4v) is 4.85. The number of carbonyl (C=O) groups excluding carboxylic acids is 1. The third-order valence-corrected chi connectivity index (χ3v) is 6.37. The summed E-state index contributed by atoms with van der Waals surface area (Å²) in [6.45, 7) is 14.3. The van der Waals surface area contributed by atoms with Crippen molar-refractivity contribution in [2.75, 3.05) is 0 Å². The molecule has 0 fully saturated rings. The number of hydrogen-bond donors (Lipinski definition) is 2. The number of nitrogens with one attached hydrogen (secondary N) is 1. The van der Waals surface area contributed by atoms with Crippen molar-refractivity contribution in [2.24, 2.45) is 11.8 Å². The Morgan fingerprint density at radius 1 is 1.19 bits per heavy atom. The predicted octanol–water partition coefficient (Wildman–Crippen LogP) is 7.69. The van der Waals surface area contributed by atoms with Crippen molar-refractivity contribution in [1.29, 1.82) is 3.56 Å². The molecule has 1 rings (SSSR count). The first-order valence-electron chi connectivity index (χ1n) is 9.56. The molecule has 0 aromatic rings. The van der Waals surface area contributed by atoms with Gasteiger partial charge in [-0.3, -0.25) is 8.36 Å². The van der Waals surface area contributed by atoms with E-state index in [2.05, 4.69) is 32.9 Å². The zero-order chi connectivity index (χ0) is 20.7. The number of aliphatic hydroxyl groups excluding tert-OH is 1. The van der Waals surface area contributed by atoms with Crippen LogP contribution in [0, 0.1) is 15.4 Å². The third kappa shape index (κ3) is 6.98. The van der Waals surface area contributed by atoms with E-state index >= 15 is 0 Å². The van der Waals surface area contributed by atoms with Gasteiger partial charge >= 0.3 is 0 Å². The van der Waals surface area contributed by atoms with Crippen LogP contribution in [0.1, 0.15) is 67.7 Å². The molecule has 1 aliphatic rings. The smallest absolute Gasteiger partial charge is 0.166 e. The van der Waals surface area contributed by atoms with Gasteiger partial charge in [-0.15, -0.1) is 0 Å². The summed E-state index contributed by atoms with van der Waals surface area (Å²) in [5.41, 5.74) is 4.80. The monoisotopic (exact) mass is 483 g/mol. The van der Waals surface area contributed by atoms with Gasteiger partial charge in [0.05, 0.1) is 5.57 Å². The number of Topliss-reactive ketones (excluding diaryl/α,β-unsaturated/α-hetero) is 1. The fourth-order valence-electron chi connectivity index (χ4n) is 3.00. The maximum atomic E-state index is 12.8. The van der Waals surface area contributed by atoms with E-state index in [1.165, 1.54) is 16.7 Å². The summed E-state index contributed by atoms with van der Waals surface area (Å²) in [7, 11) is 0. The number of carbonyl (C=O) groups is 1. The highest BCUT2D eigenvalue weighted by Crippen LogP contribution is 2.41. The molecular weight excluding hydrogens is 449 g/mol. The molecule has 150 valence electrons. The first-order valence-corrected chi connectivity index (χ1v) is 11.7. The van der Waals surface area contributed by atoms with Gasteiger partial charge < -0.3 is 5.11 Å². The van der Waals surface area contributed by atoms with Crippen molar-refractivity contribution in [1.82, 2.24) is 0 Å². The Balaban J connectivity index is 3.62. The molecule has 0 bridgehead atoms. The van der Waals surface area contributed by atoms with Crippen molar-refractivity contribution in [2.45, 2.75) is 67.7 Å². The highest BCUT2D eigenvalue weighted by molar-refractivity contribution is 14.2. The molecule has 3 nitrogen and oxygen atoms in total. The molecule has 0 heterocycles. The van der Waals surface area contributed by atoms with Crippen LogP contribution in [0.4, 0.5) is 0 Å². The highest BCUT2D eigenvalue weighted by Gasteiger charge is 2.27. The number of rotatable bonds is 8. The van der Waals surface area contributed by atoms with Crippen LogP contribution in [0.5, 0.6) is 0 Å². The Morgan fingerprint density at radius 3 is 2.22 bits per heavy atom. The van der Waals surface area contributed by atoms with Crippen LogP contribution in [0.25, 0.3) is 0 Å². The van der Waals surface area contributed by atoms with E-state index in [1.54, 1.807) is 0 Å². The molecule has 0 aromatic carbocycles. The van der Waals surface area contributed by atoms with Gasteiger partial charge in [-0.25, -0.2) is 0 Å². The molecule has 1 aliphatic carbocycles. The minimum atomic E-state index is -0.979. The Morgan fingerprint density at radius 2 is 1.74 bits per heavy atom. The van der Waals surface area contributed by atoms with E-state index in [-0.39, 0.29) is 23.4 Å². The van der Waals surface area contributed by atoms with E-state index in [1.807, 2.05) is 33.8 Å². The topological polar surface area (TPSA) is 61.1 Å². The van der Waals surface area contributed by atoms with Gasteiger partial charge in [-0.05, 0) is 57.9 Å². The van der Waals surface area contributed by atoms with Crippen molar-refractivity contribution >= 4 is 26.8 Å². The lowest BCUT2D eigenvalue weighted by molar-refractivity contribution is -0.116. The zero-order valence-electron chi connectivity index (χ0n) is 17.7. The van der Waals surface area contributed by atoms with Crippen LogP contribution >= 0.6 is 21.0 Å². The summed E-state index contributed by atoms with van der Waals surface area (Å²) in [5.74, 6) is 0.375. The van der Waals surface area contributed by atoms with E-state index in [9.17, 15) is 9.90 Å². The summed E-state index contributed by atoms with van der Waals surface area (Å²) in [4.78, 5) is 12.8. The molecule has 0 saturated carbocycles. The van der Waals surface area contributed by atoms with Crippen molar-refractivity contribution in [3.05, 3.63) is 55.4 Å². The average molecular weight is 483 g/mol. The molecule has 0 spiro atoms. The zero-order valence-corrected chi connectivity index (χ0v) is 19.9. The van der Waals surface area contributed by atoms with Crippen LogP contribution in [-0.4, -0.2) is 10.9 Å². The average Bonchev–Trinajstić information content (AvgIpc) is 2.65. The lowest BCUT2D eigenvalue weighted by Gasteiger charge is -2.15. The number of allylic oxidation sites excluding steroid dienone is 9. The molecular formula is C23H34INO2. The second kappa shape index (κ2) is 10.9. The van der Waals surface area contributed by atoms with Gasteiger partial charge in [-0.1, -0.05) is 50.1 Å². The summed E-state index contributed by atoms with van der Waals surface area (Å²) < 4.78 is 9.23. The van der Waals surface area contributed by atoms with Crippen molar-refractivity contribution in [3.63, 3.8) is 0 Å². The van der Waals surface area contributed by atoms with Crippen LogP contribution < -0.4 is 0 Å². The molecule has 1 unspecified atom stereocenters. The van der Waals surface area contributed by atoms with Crippen molar-refractivity contribution < 1.29 is 9.90 Å². The molecule has 0 radical (unpaired) electrons. The minimum absolute atomic E-state index is 0.00459.